The standard InChI is InChI=1S/C19H26N4O.HI/c1-2-20-19(21-12-10-18-9-6-14-24-18)22-16-11-13-23(15-16)17-7-4-3-5-8-17;/h3-9,14,16H,2,10-13,15H2,1H3,(H2,20,21,22);1H. The van der Waals surface area contributed by atoms with E-state index in [9.17, 15) is 0 Å². The van der Waals surface area contributed by atoms with Crippen LogP contribution in [0.25, 0.3) is 0 Å². The Morgan fingerprint density at radius 1 is 1.24 bits per heavy atom. The second-order valence-corrected chi connectivity index (χ2v) is 6.00. The summed E-state index contributed by atoms with van der Waals surface area (Å²) in [4.78, 5) is 7.09. The first-order chi connectivity index (χ1) is 11.8. The van der Waals surface area contributed by atoms with Gasteiger partial charge in [0.25, 0.3) is 0 Å². The molecule has 25 heavy (non-hydrogen) atoms. The number of guanidine groups is 1. The quantitative estimate of drug-likeness (QED) is 0.400. The molecule has 2 aromatic rings. The second kappa shape index (κ2) is 10.3. The van der Waals surface area contributed by atoms with Crippen LogP contribution in [0.1, 0.15) is 19.1 Å². The van der Waals surface area contributed by atoms with Crippen molar-refractivity contribution in [3.8, 4) is 0 Å². The second-order valence-electron chi connectivity index (χ2n) is 6.00. The number of nitrogens with zero attached hydrogens (tertiary/aromatic N) is 2. The predicted molar refractivity (Wildman–Crippen MR) is 114 cm³/mol. The van der Waals surface area contributed by atoms with Crippen molar-refractivity contribution in [1.29, 1.82) is 0 Å². The molecule has 1 aliphatic rings. The van der Waals surface area contributed by atoms with Crippen LogP contribution in [-0.2, 0) is 6.42 Å². The van der Waals surface area contributed by atoms with E-state index in [2.05, 4.69) is 57.8 Å². The summed E-state index contributed by atoms with van der Waals surface area (Å²) in [5.41, 5.74) is 1.29. The third-order valence-electron chi connectivity index (χ3n) is 4.20. The van der Waals surface area contributed by atoms with Crippen molar-refractivity contribution in [3.63, 3.8) is 0 Å². The molecule has 0 radical (unpaired) electrons. The zero-order valence-electron chi connectivity index (χ0n) is 14.6. The Bertz CT molecular complexity index is 630. The number of furan rings is 1. The van der Waals surface area contributed by atoms with Gasteiger partial charge in [-0.05, 0) is 37.6 Å². The van der Waals surface area contributed by atoms with Crippen LogP contribution in [0.4, 0.5) is 5.69 Å². The Balaban J connectivity index is 0.00000225. The Morgan fingerprint density at radius 3 is 2.80 bits per heavy atom. The lowest BCUT2D eigenvalue weighted by molar-refractivity contribution is 0.510. The zero-order valence-corrected chi connectivity index (χ0v) is 17.0. The van der Waals surface area contributed by atoms with Crippen LogP contribution in [0.5, 0.6) is 0 Å². The molecule has 5 nitrogen and oxygen atoms in total. The summed E-state index contributed by atoms with van der Waals surface area (Å²) in [5.74, 6) is 1.87. The van der Waals surface area contributed by atoms with Crippen LogP contribution in [0.2, 0.25) is 0 Å². The van der Waals surface area contributed by atoms with Gasteiger partial charge < -0.3 is 20.0 Å². The van der Waals surface area contributed by atoms with Gasteiger partial charge in [-0.1, -0.05) is 18.2 Å². The number of hydrogen-bond acceptors (Lipinski definition) is 3. The van der Waals surface area contributed by atoms with Crippen LogP contribution in [0, 0.1) is 0 Å². The van der Waals surface area contributed by atoms with Gasteiger partial charge in [-0.25, -0.2) is 0 Å². The molecule has 0 spiro atoms. The maximum Gasteiger partial charge on any atom is 0.191 e. The van der Waals surface area contributed by atoms with Crippen molar-refractivity contribution in [2.75, 3.05) is 31.1 Å². The van der Waals surface area contributed by atoms with E-state index in [-0.39, 0.29) is 24.0 Å². The summed E-state index contributed by atoms with van der Waals surface area (Å²) >= 11 is 0. The van der Waals surface area contributed by atoms with Crippen molar-refractivity contribution in [2.24, 2.45) is 4.99 Å². The fraction of sp³-hybridized carbons (Fsp3) is 0.421. The fourth-order valence-corrected chi connectivity index (χ4v) is 3.00. The third kappa shape index (κ3) is 5.95. The molecule has 1 fully saturated rings. The van der Waals surface area contributed by atoms with Gasteiger partial charge in [-0.15, -0.1) is 24.0 Å². The van der Waals surface area contributed by atoms with Crippen molar-refractivity contribution in [2.45, 2.75) is 25.8 Å². The van der Waals surface area contributed by atoms with E-state index in [1.165, 1.54) is 5.69 Å². The highest BCUT2D eigenvalue weighted by Gasteiger charge is 2.23. The number of benzene rings is 1. The molecule has 1 aliphatic heterocycles. The molecule has 0 amide bonds. The average Bonchev–Trinajstić information content (AvgIpc) is 3.28. The average molecular weight is 454 g/mol. The summed E-state index contributed by atoms with van der Waals surface area (Å²) in [7, 11) is 0. The predicted octanol–water partition coefficient (Wildman–Crippen LogP) is 3.27. The number of hydrogen-bond donors (Lipinski definition) is 2. The molecule has 1 unspecified atom stereocenters. The van der Waals surface area contributed by atoms with E-state index >= 15 is 0 Å². The molecule has 136 valence electrons. The van der Waals surface area contributed by atoms with Crippen LogP contribution < -0.4 is 15.5 Å². The highest BCUT2D eigenvalue weighted by molar-refractivity contribution is 14.0. The summed E-state index contributed by atoms with van der Waals surface area (Å²) in [6.07, 6.45) is 3.65. The van der Waals surface area contributed by atoms with Gasteiger partial charge in [0.05, 0.1) is 6.26 Å². The summed E-state index contributed by atoms with van der Waals surface area (Å²) in [6.45, 7) is 5.76. The number of rotatable bonds is 6. The van der Waals surface area contributed by atoms with Crippen molar-refractivity contribution in [3.05, 3.63) is 54.5 Å². The smallest absolute Gasteiger partial charge is 0.191 e. The van der Waals surface area contributed by atoms with Crippen molar-refractivity contribution >= 4 is 35.6 Å². The van der Waals surface area contributed by atoms with E-state index in [1.807, 2.05) is 12.1 Å². The molecular weight excluding hydrogens is 427 g/mol. The lowest BCUT2D eigenvalue weighted by atomic mass is 10.2. The van der Waals surface area contributed by atoms with Gasteiger partial charge in [0.1, 0.15) is 5.76 Å². The van der Waals surface area contributed by atoms with E-state index < -0.39 is 0 Å². The first-order valence-electron chi connectivity index (χ1n) is 8.72. The summed E-state index contributed by atoms with van der Waals surface area (Å²) in [5, 5.41) is 6.90. The number of aliphatic imine (C=N–C) groups is 1. The highest BCUT2D eigenvalue weighted by Crippen LogP contribution is 2.19. The highest BCUT2D eigenvalue weighted by atomic mass is 127. The van der Waals surface area contributed by atoms with Crippen molar-refractivity contribution in [1.82, 2.24) is 10.6 Å². The lowest BCUT2D eigenvalue weighted by Gasteiger charge is -2.20. The van der Waals surface area contributed by atoms with Crippen LogP contribution >= 0.6 is 24.0 Å². The first-order valence-corrected chi connectivity index (χ1v) is 8.72. The molecule has 2 heterocycles. The van der Waals surface area contributed by atoms with E-state index in [4.69, 9.17) is 4.42 Å². The summed E-state index contributed by atoms with van der Waals surface area (Å²) in [6, 6.07) is 14.9. The third-order valence-corrected chi connectivity index (χ3v) is 4.20. The number of para-hydroxylation sites is 1. The van der Waals surface area contributed by atoms with Crippen LogP contribution in [0.3, 0.4) is 0 Å². The van der Waals surface area contributed by atoms with Gasteiger partial charge in [-0.3, -0.25) is 4.99 Å². The molecule has 1 saturated heterocycles. The monoisotopic (exact) mass is 454 g/mol. The van der Waals surface area contributed by atoms with Gasteiger partial charge in [0, 0.05) is 44.3 Å². The number of nitrogens with one attached hydrogen (secondary N) is 2. The fourth-order valence-electron chi connectivity index (χ4n) is 3.00. The van der Waals surface area contributed by atoms with Crippen LogP contribution in [-0.4, -0.2) is 38.2 Å². The molecule has 2 N–H and O–H groups in total. The normalized spacial score (nSPS) is 17.2. The molecule has 1 aromatic carbocycles. The van der Waals surface area contributed by atoms with Gasteiger partial charge >= 0.3 is 0 Å². The van der Waals surface area contributed by atoms with Crippen LogP contribution in [0.15, 0.2) is 58.1 Å². The van der Waals surface area contributed by atoms with Crippen molar-refractivity contribution < 1.29 is 4.42 Å². The Kier molecular flexibility index (Phi) is 8.11. The molecule has 1 aromatic heterocycles. The largest absolute Gasteiger partial charge is 0.469 e. The molecule has 0 aliphatic carbocycles. The first kappa shape index (κ1) is 19.6. The molecule has 1 atom stereocenters. The van der Waals surface area contributed by atoms with Gasteiger partial charge in [0.2, 0.25) is 0 Å². The number of halogens is 1. The Morgan fingerprint density at radius 2 is 2.08 bits per heavy atom. The minimum absolute atomic E-state index is 0. The Labute approximate surface area is 166 Å². The molecule has 6 heteroatoms. The SMILES string of the molecule is CCNC(=NCCc1ccco1)NC1CCN(c2ccccc2)C1.I. The van der Waals surface area contributed by atoms with E-state index in [1.54, 1.807) is 6.26 Å². The summed E-state index contributed by atoms with van der Waals surface area (Å²) < 4.78 is 5.36. The van der Waals surface area contributed by atoms with Gasteiger partial charge in [0.15, 0.2) is 5.96 Å². The molecular formula is C19H27IN4O. The Hall–Kier alpha value is -1.70. The van der Waals surface area contributed by atoms with E-state index in [0.29, 0.717) is 6.04 Å². The van der Waals surface area contributed by atoms with Gasteiger partial charge in [-0.2, -0.15) is 0 Å². The number of anilines is 1. The molecule has 0 saturated carbocycles. The maximum atomic E-state index is 5.36. The lowest BCUT2D eigenvalue weighted by Crippen LogP contribution is -2.44. The molecule has 3 rings (SSSR count). The zero-order chi connectivity index (χ0) is 16.6. The van der Waals surface area contributed by atoms with E-state index in [0.717, 1.165) is 50.7 Å². The topological polar surface area (TPSA) is 52.8 Å². The minimum atomic E-state index is 0. The minimum Gasteiger partial charge on any atom is -0.469 e. The maximum absolute atomic E-state index is 5.36. The molecule has 0 bridgehead atoms.